The average Bonchev–Trinajstić information content (AvgIpc) is 2.27. The topological polar surface area (TPSA) is 29.1 Å². The lowest BCUT2D eigenvalue weighted by molar-refractivity contribution is -0.116. The first-order chi connectivity index (χ1) is 7.72. The molecule has 1 aromatic carbocycles. The van der Waals surface area contributed by atoms with Gasteiger partial charge in [0.15, 0.2) is 0 Å². The third-order valence-electron chi connectivity index (χ3n) is 1.92. The highest BCUT2D eigenvalue weighted by atomic mass is 19.1. The summed E-state index contributed by atoms with van der Waals surface area (Å²) < 4.78 is 12.8. The molecule has 0 aliphatic rings. The van der Waals surface area contributed by atoms with Gasteiger partial charge in [-0.3, -0.25) is 4.79 Å². The van der Waals surface area contributed by atoms with Crippen LogP contribution in [0, 0.1) is 5.82 Å². The zero-order valence-corrected chi connectivity index (χ0v) is 8.95. The number of rotatable bonds is 5. The van der Waals surface area contributed by atoms with E-state index in [1.807, 2.05) is 0 Å². The van der Waals surface area contributed by atoms with E-state index in [9.17, 15) is 9.18 Å². The first-order valence-electron chi connectivity index (χ1n) is 5.05. The van der Waals surface area contributed by atoms with E-state index < -0.39 is 0 Å². The highest BCUT2D eigenvalue weighted by Crippen LogP contribution is 2.04. The van der Waals surface area contributed by atoms with Gasteiger partial charge in [0.25, 0.3) is 0 Å². The Morgan fingerprint density at radius 3 is 3.00 bits per heavy atom. The Labute approximate surface area is 94.5 Å². The van der Waals surface area contributed by atoms with Crippen LogP contribution in [0.1, 0.15) is 12.0 Å². The summed E-state index contributed by atoms with van der Waals surface area (Å²) in [5.41, 5.74) is 0.666. The lowest BCUT2D eigenvalue weighted by Gasteiger charge is -1.98. The molecular formula is C13H14FNO. The van der Waals surface area contributed by atoms with Crippen LogP contribution in [-0.2, 0) is 4.79 Å². The summed E-state index contributed by atoms with van der Waals surface area (Å²) in [6.45, 7) is 4.12. The van der Waals surface area contributed by atoms with E-state index in [1.54, 1.807) is 24.3 Å². The number of benzene rings is 1. The van der Waals surface area contributed by atoms with E-state index in [4.69, 9.17) is 0 Å². The minimum Gasteiger partial charge on any atom is -0.352 e. The van der Waals surface area contributed by atoms with E-state index in [0.717, 1.165) is 6.42 Å². The molecule has 0 radical (unpaired) electrons. The summed E-state index contributed by atoms with van der Waals surface area (Å²) in [6, 6.07) is 6.07. The molecule has 1 amide bonds. The zero-order chi connectivity index (χ0) is 11.8. The summed E-state index contributed by atoms with van der Waals surface area (Å²) >= 11 is 0. The van der Waals surface area contributed by atoms with Gasteiger partial charge in [-0.1, -0.05) is 18.2 Å². The first kappa shape index (κ1) is 12.2. The third-order valence-corrected chi connectivity index (χ3v) is 1.92. The molecule has 0 aliphatic heterocycles. The fourth-order valence-electron chi connectivity index (χ4n) is 1.14. The summed E-state index contributed by atoms with van der Waals surface area (Å²) in [5.74, 6) is -0.500. The van der Waals surface area contributed by atoms with Gasteiger partial charge in [-0.05, 0) is 30.2 Å². The van der Waals surface area contributed by atoms with Gasteiger partial charge in [0.05, 0.1) is 0 Å². The van der Waals surface area contributed by atoms with Crippen molar-refractivity contribution in [3.63, 3.8) is 0 Å². The van der Waals surface area contributed by atoms with Crippen LogP contribution in [0.5, 0.6) is 0 Å². The number of carbonyl (C=O) groups excluding carboxylic acids is 1. The predicted octanol–water partition coefficient (Wildman–Crippen LogP) is 2.53. The smallest absolute Gasteiger partial charge is 0.244 e. The molecular weight excluding hydrogens is 205 g/mol. The van der Waals surface area contributed by atoms with E-state index in [1.165, 1.54) is 18.2 Å². The average molecular weight is 219 g/mol. The fraction of sp³-hybridized carbons (Fsp3) is 0.154. The molecule has 0 bridgehead atoms. The summed E-state index contributed by atoms with van der Waals surface area (Å²) in [7, 11) is 0. The van der Waals surface area contributed by atoms with Crippen LogP contribution in [-0.4, -0.2) is 12.5 Å². The largest absolute Gasteiger partial charge is 0.352 e. The fourth-order valence-corrected chi connectivity index (χ4v) is 1.14. The molecule has 0 aliphatic carbocycles. The Bertz CT molecular complexity index is 399. The molecule has 1 aromatic rings. The van der Waals surface area contributed by atoms with Gasteiger partial charge >= 0.3 is 0 Å². The van der Waals surface area contributed by atoms with Crippen LogP contribution in [0.2, 0.25) is 0 Å². The maximum absolute atomic E-state index is 12.8. The second-order valence-electron chi connectivity index (χ2n) is 3.26. The summed E-state index contributed by atoms with van der Waals surface area (Å²) in [4.78, 5) is 11.3. The highest BCUT2D eigenvalue weighted by molar-refractivity contribution is 5.91. The van der Waals surface area contributed by atoms with Gasteiger partial charge in [0.1, 0.15) is 5.82 Å². The maximum atomic E-state index is 12.8. The second kappa shape index (κ2) is 6.56. The number of amides is 1. The van der Waals surface area contributed by atoms with E-state index in [-0.39, 0.29) is 11.7 Å². The van der Waals surface area contributed by atoms with Crippen LogP contribution < -0.4 is 5.32 Å². The van der Waals surface area contributed by atoms with E-state index in [2.05, 4.69) is 11.9 Å². The summed E-state index contributed by atoms with van der Waals surface area (Å²) in [6.07, 6.45) is 5.43. The number of hydrogen-bond acceptors (Lipinski definition) is 1. The molecule has 0 saturated carbocycles. The molecule has 3 heteroatoms. The minimum atomic E-state index is -0.311. The van der Waals surface area contributed by atoms with Crippen molar-refractivity contribution in [2.75, 3.05) is 6.54 Å². The molecule has 1 rings (SSSR count). The van der Waals surface area contributed by atoms with Gasteiger partial charge in [0, 0.05) is 12.6 Å². The number of carbonyl (C=O) groups is 1. The van der Waals surface area contributed by atoms with Crippen molar-refractivity contribution in [1.29, 1.82) is 0 Å². The third kappa shape index (κ3) is 4.55. The quantitative estimate of drug-likeness (QED) is 0.460. The monoisotopic (exact) mass is 219 g/mol. The van der Waals surface area contributed by atoms with E-state index in [0.29, 0.717) is 12.1 Å². The number of nitrogens with one attached hydrogen (secondary N) is 1. The Hall–Kier alpha value is -1.90. The zero-order valence-electron chi connectivity index (χ0n) is 8.95. The van der Waals surface area contributed by atoms with Crippen LogP contribution in [0.4, 0.5) is 4.39 Å². The lowest BCUT2D eigenvalue weighted by Crippen LogP contribution is -2.21. The SMILES string of the molecule is C=CCCNC(=O)/C=C/c1cccc(F)c1. The van der Waals surface area contributed by atoms with Crippen LogP contribution >= 0.6 is 0 Å². The van der Waals surface area contributed by atoms with Crippen LogP contribution in [0.3, 0.4) is 0 Å². The van der Waals surface area contributed by atoms with Crippen molar-refractivity contribution in [2.24, 2.45) is 0 Å². The van der Waals surface area contributed by atoms with Crippen molar-refractivity contribution < 1.29 is 9.18 Å². The number of hydrogen-bond donors (Lipinski definition) is 1. The molecule has 0 unspecified atom stereocenters. The normalized spacial score (nSPS) is 10.3. The van der Waals surface area contributed by atoms with Gasteiger partial charge in [0.2, 0.25) is 5.91 Å². The van der Waals surface area contributed by atoms with Gasteiger partial charge in [-0.2, -0.15) is 0 Å². The van der Waals surface area contributed by atoms with Crippen molar-refractivity contribution in [3.8, 4) is 0 Å². The maximum Gasteiger partial charge on any atom is 0.244 e. The Balaban J connectivity index is 2.47. The van der Waals surface area contributed by atoms with Gasteiger partial charge in [-0.25, -0.2) is 4.39 Å². The molecule has 84 valence electrons. The summed E-state index contributed by atoms with van der Waals surface area (Å²) in [5, 5.41) is 2.68. The number of halogens is 1. The molecule has 2 nitrogen and oxygen atoms in total. The molecule has 0 spiro atoms. The first-order valence-corrected chi connectivity index (χ1v) is 5.05. The molecule has 0 aromatic heterocycles. The molecule has 0 heterocycles. The Morgan fingerprint density at radius 1 is 1.50 bits per heavy atom. The Morgan fingerprint density at radius 2 is 2.31 bits per heavy atom. The van der Waals surface area contributed by atoms with Gasteiger partial charge in [-0.15, -0.1) is 6.58 Å². The van der Waals surface area contributed by atoms with E-state index >= 15 is 0 Å². The van der Waals surface area contributed by atoms with Crippen molar-refractivity contribution in [1.82, 2.24) is 5.32 Å². The van der Waals surface area contributed by atoms with Crippen molar-refractivity contribution in [2.45, 2.75) is 6.42 Å². The molecule has 0 fully saturated rings. The van der Waals surface area contributed by atoms with Gasteiger partial charge < -0.3 is 5.32 Å². The highest BCUT2D eigenvalue weighted by Gasteiger charge is 1.94. The molecule has 0 atom stereocenters. The van der Waals surface area contributed by atoms with Crippen LogP contribution in [0.25, 0.3) is 6.08 Å². The Kier molecular flexibility index (Phi) is 4.99. The van der Waals surface area contributed by atoms with Crippen molar-refractivity contribution in [3.05, 3.63) is 54.4 Å². The minimum absolute atomic E-state index is 0.189. The molecule has 1 N–H and O–H groups in total. The molecule has 16 heavy (non-hydrogen) atoms. The predicted molar refractivity (Wildman–Crippen MR) is 63.3 cm³/mol. The lowest BCUT2D eigenvalue weighted by atomic mass is 10.2. The van der Waals surface area contributed by atoms with Crippen molar-refractivity contribution >= 4 is 12.0 Å². The molecule has 0 saturated heterocycles. The second-order valence-corrected chi connectivity index (χ2v) is 3.26. The van der Waals surface area contributed by atoms with Crippen LogP contribution in [0.15, 0.2) is 43.0 Å². The standard InChI is InChI=1S/C13H14FNO/c1-2-3-9-15-13(16)8-7-11-5-4-6-12(14)10-11/h2,4-8,10H,1,3,9H2,(H,15,16)/b8-7+.